The first kappa shape index (κ1) is 16.5. The smallest absolute Gasteiger partial charge is 0.175 e. The minimum absolute atomic E-state index is 0.178. The second-order valence-corrected chi connectivity index (χ2v) is 9.59. The molecule has 4 heteroatoms. The number of halogens is 1. The molecule has 1 fully saturated rings. The summed E-state index contributed by atoms with van der Waals surface area (Å²) < 4.78 is 37.0. The van der Waals surface area contributed by atoms with E-state index >= 15 is 0 Å². The van der Waals surface area contributed by atoms with Gasteiger partial charge in [-0.15, -0.1) is 0 Å². The number of rotatable bonds is 3. The highest BCUT2D eigenvalue weighted by Crippen LogP contribution is 2.63. The summed E-state index contributed by atoms with van der Waals surface area (Å²) in [5, 5.41) is 0. The molecule has 0 radical (unpaired) electrons. The lowest BCUT2D eigenvalue weighted by Crippen LogP contribution is -1.97. The van der Waals surface area contributed by atoms with Gasteiger partial charge in [-0.1, -0.05) is 18.2 Å². The van der Waals surface area contributed by atoms with Gasteiger partial charge in [0, 0.05) is 6.26 Å². The molecule has 0 unspecified atom stereocenters. The summed E-state index contributed by atoms with van der Waals surface area (Å²) in [7, 11) is -3.19. The van der Waals surface area contributed by atoms with Crippen molar-refractivity contribution in [3.8, 4) is 0 Å². The summed E-state index contributed by atoms with van der Waals surface area (Å²) in [6.07, 6.45) is 5.75. The largest absolute Gasteiger partial charge is 0.224 e. The molecular weight excluding hydrogens is 335 g/mol. The molecule has 1 spiro atoms. The Hall–Kier alpha value is -1.94. The van der Waals surface area contributed by atoms with Gasteiger partial charge in [-0.05, 0) is 90.1 Å². The van der Waals surface area contributed by atoms with Crippen LogP contribution in [0, 0.1) is 18.2 Å². The third kappa shape index (κ3) is 3.04. The van der Waals surface area contributed by atoms with Crippen LogP contribution in [0.1, 0.15) is 42.4 Å². The molecule has 2 aliphatic carbocycles. The van der Waals surface area contributed by atoms with Gasteiger partial charge in [0.1, 0.15) is 5.82 Å². The molecule has 25 heavy (non-hydrogen) atoms. The first-order valence-electron chi connectivity index (χ1n) is 8.57. The summed E-state index contributed by atoms with van der Waals surface area (Å²) in [5.41, 5.74) is 5.77. The Kier molecular flexibility index (Phi) is 3.66. The van der Waals surface area contributed by atoms with E-state index in [4.69, 9.17) is 0 Å². The van der Waals surface area contributed by atoms with Crippen LogP contribution in [0.3, 0.4) is 0 Å². The van der Waals surface area contributed by atoms with Crippen molar-refractivity contribution < 1.29 is 12.8 Å². The third-order valence-electron chi connectivity index (χ3n) is 5.56. The second-order valence-electron chi connectivity index (χ2n) is 7.57. The number of sulfone groups is 1. The van der Waals surface area contributed by atoms with Crippen LogP contribution in [-0.2, 0) is 9.84 Å². The highest BCUT2D eigenvalue weighted by Gasteiger charge is 2.48. The van der Waals surface area contributed by atoms with Crippen molar-refractivity contribution >= 4 is 21.0 Å². The van der Waals surface area contributed by atoms with Gasteiger partial charge in [0.2, 0.25) is 0 Å². The van der Waals surface area contributed by atoms with Crippen LogP contribution in [0.15, 0.2) is 47.4 Å². The van der Waals surface area contributed by atoms with Crippen LogP contribution in [-0.4, -0.2) is 14.7 Å². The summed E-state index contributed by atoms with van der Waals surface area (Å²) in [5.74, 6) is -0.178. The standard InChI is InChI=1S/C21H21FO2S/c1-14-11-16(5-8-20(14)22)19-13-21(9-10-21)12-18(19)15-3-6-17(7-4-15)25(2,23)24/h3-8,11H,9-10,12-13H2,1-2H3. The number of allylic oxidation sites excluding steroid dienone is 2. The number of benzene rings is 2. The second kappa shape index (κ2) is 5.53. The quantitative estimate of drug-likeness (QED) is 0.773. The molecule has 0 aromatic heterocycles. The van der Waals surface area contributed by atoms with Crippen LogP contribution >= 0.6 is 0 Å². The molecule has 2 nitrogen and oxygen atoms in total. The molecule has 2 aromatic carbocycles. The van der Waals surface area contributed by atoms with Crippen LogP contribution < -0.4 is 0 Å². The van der Waals surface area contributed by atoms with Crippen LogP contribution in [0.5, 0.6) is 0 Å². The monoisotopic (exact) mass is 356 g/mol. The number of aryl methyl sites for hydroxylation is 1. The highest BCUT2D eigenvalue weighted by atomic mass is 32.2. The van der Waals surface area contributed by atoms with Crippen molar-refractivity contribution in [1.82, 2.24) is 0 Å². The predicted octanol–water partition coefficient (Wildman–Crippen LogP) is 5.02. The Bertz CT molecular complexity index is 981. The molecule has 0 heterocycles. The van der Waals surface area contributed by atoms with Gasteiger partial charge in [-0.2, -0.15) is 0 Å². The van der Waals surface area contributed by atoms with Gasteiger partial charge in [-0.25, -0.2) is 12.8 Å². The van der Waals surface area contributed by atoms with E-state index in [1.54, 1.807) is 25.1 Å². The zero-order valence-electron chi connectivity index (χ0n) is 14.5. The van der Waals surface area contributed by atoms with Crippen molar-refractivity contribution in [2.45, 2.75) is 37.5 Å². The summed E-state index contributed by atoms with van der Waals surface area (Å²) >= 11 is 0. The van der Waals surface area contributed by atoms with Crippen molar-refractivity contribution in [2.24, 2.45) is 5.41 Å². The molecule has 0 N–H and O–H groups in total. The number of hydrogen-bond donors (Lipinski definition) is 0. The zero-order chi connectivity index (χ0) is 17.8. The third-order valence-corrected chi connectivity index (χ3v) is 6.69. The molecule has 0 atom stereocenters. The summed E-state index contributed by atoms with van der Waals surface area (Å²) in [6.45, 7) is 1.79. The first-order chi connectivity index (χ1) is 11.8. The lowest BCUT2D eigenvalue weighted by molar-refractivity contribution is 0.568. The van der Waals surface area contributed by atoms with Crippen LogP contribution in [0.25, 0.3) is 11.1 Å². The predicted molar refractivity (Wildman–Crippen MR) is 98.4 cm³/mol. The maximum atomic E-state index is 13.7. The average Bonchev–Trinajstić information content (AvgIpc) is 3.20. The summed E-state index contributed by atoms with van der Waals surface area (Å²) in [4.78, 5) is 0.343. The minimum atomic E-state index is -3.19. The molecule has 130 valence electrons. The van der Waals surface area contributed by atoms with Gasteiger partial charge in [0.25, 0.3) is 0 Å². The molecule has 0 aliphatic heterocycles. The lowest BCUT2D eigenvalue weighted by Gasteiger charge is -2.10. The van der Waals surface area contributed by atoms with E-state index in [-0.39, 0.29) is 5.82 Å². The average molecular weight is 356 g/mol. The molecule has 0 bridgehead atoms. The fourth-order valence-electron chi connectivity index (χ4n) is 3.84. The molecule has 0 amide bonds. The SMILES string of the molecule is Cc1cc(C2=C(c3ccc(S(C)(=O)=O)cc3)CC3(CC3)C2)ccc1F. The van der Waals surface area contributed by atoms with E-state index in [2.05, 4.69) is 0 Å². The highest BCUT2D eigenvalue weighted by molar-refractivity contribution is 7.90. The molecule has 4 rings (SSSR count). The Balaban J connectivity index is 1.79. The van der Waals surface area contributed by atoms with E-state index in [0.29, 0.717) is 15.9 Å². The van der Waals surface area contributed by atoms with Gasteiger partial charge >= 0.3 is 0 Å². The molecule has 2 aromatic rings. The van der Waals surface area contributed by atoms with E-state index < -0.39 is 9.84 Å². The van der Waals surface area contributed by atoms with Crippen molar-refractivity contribution in [2.75, 3.05) is 6.26 Å². The van der Waals surface area contributed by atoms with E-state index in [0.717, 1.165) is 24.0 Å². The normalized spacial score (nSPS) is 18.8. The van der Waals surface area contributed by atoms with Gasteiger partial charge in [-0.3, -0.25) is 0 Å². The minimum Gasteiger partial charge on any atom is -0.224 e. The fraction of sp³-hybridized carbons (Fsp3) is 0.333. The fourth-order valence-corrected chi connectivity index (χ4v) is 4.47. The number of hydrogen-bond acceptors (Lipinski definition) is 2. The Labute approximate surface area is 148 Å². The Morgan fingerprint density at radius 2 is 1.48 bits per heavy atom. The Morgan fingerprint density at radius 3 is 2.00 bits per heavy atom. The topological polar surface area (TPSA) is 34.1 Å². The molecule has 0 saturated heterocycles. The maximum absolute atomic E-state index is 13.7. The van der Waals surface area contributed by atoms with Gasteiger partial charge < -0.3 is 0 Å². The van der Waals surface area contributed by atoms with E-state index in [1.165, 1.54) is 30.2 Å². The molecule has 2 aliphatic rings. The molecule has 1 saturated carbocycles. The van der Waals surface area contributed by atoms with E-state index in [9.17, 15) is 12.8 Å². The Morgan fingerprint density at radius 1 is 0.920 bits per heavy atom. The van der Waals surface area contributed by atoms with Crippen molar-refractivity contribution in [3.05, 3.63) is 65.0 Å². The first-order valence-corrected chi connectivity index (χ1v) is 10.5. The lowest BCUT2D eigenvalue weighted by atomic mass is 9.96. The van der Waals surface area contributed by atoms with Crippen molar-refractivity contribution in [3.63, 3.8) is 0 Å². The summed E-state index contributed by atoms with van der Waals surface area (Å²) in [6, 6.07) is 12.5. The zero-order valence-corrected chi connectivity index (χ0v) is 15.3. The van der Waals surface area contributed by atoms with Crippen molar-refractivity contribution in [1.29, 1.82) is 0 Å². The van der Waals surface area contributed by atoms with E-state index in [1.807, 2.05) is 24.3 Å². The van der Waals surface area contributed by atoms with Crippen LogP contribution in [0.2, 0.25) is 0 Å². The molecular formula is C21H21FO2S. The van der Waals surface area contributed by atoms with Gasteiger partial charge in [0.15, 0.2) is 9.84 Å². The maximum Gasteiger partial charge on any atom is 0.175 e. The van der Waals surface area contributed by atoms with Gasteiger partial charge in [0.05, 0.1) is 4.90 Å². The van der Waals surface area contributed by atoms with Crippen LogP contribution in [0.4, 0.5) is 4.39 Å².